The van der Waals surface area contributed by atoms with Gasteiger partial charge >= 0.3 is 0 Å². The fraction of sp³-hybridized carbons (Fsp3) is 0.333. The van der Waals surface area contributed by atoms with Crippen molar-refractivity contribution in [3.8, 4) is 5.88 Å². The molecule has 0 saturated heterocycles. The van der Waals surface area contributed by atoms with Crippen LogP contribution in [0.3, 0.4) is 0 Å². The predicted octanol–water partition coefficient (Wildman–Crippen LogP) is 2.33. The summed E-state index contributed by atoms with van der Waals surface area (Å²) < 4.78 is 0. The van der Waals surface area contributed by atoms with Crippen molar-refractivity contribution in [1.82, 2.24) is 9.97 Å². The highest BCUT2D eigenvalue weighted by atomic mass is 16.3. The van der Waals surface area contributed by atoms with Crippen molar-refractivity contribution in [2.24, 2.45) is 0 Å². The average Bonchev–Trinajstić information content (AvgIpc) is 2.34. The molecule has 0 fully saturated rings. The van der Waals surface area contributed by atoms with Gasteiger partial charge < -0.3 is 10.1 Å². The van der Waals surface area contributed by atoms with Gasteiger partial charge in [-0.25, -0.2) is 0 Å². The van der Waals surface area contributed by atoms with E-state index in [0.29, 0.717) is 24.2 Å². The second-order valence-corrected chi connectivity index (χ2v) is 4.73. The van der Waals surface area contributed by atoms with Crippen molar-refractivity contribution in [1.29, 1.82) is 0 Å². The Labute approximate surface area is 112 Å². The summed E-state index contributed by atoms with van der Waals surface area (Å²) in [5, 5.41) is 9.80. The highest BCUT2D eigenvalue weighted by molar-refractivity contribution is 5.27. The highest BCUT2D eigenvalue weighted by Crippen LogP contribution is 2.13. The fourth-order valence-electron chi connectivity index (χ4n) is 2.11. The molecule has 0 spiro atoms. The van der Waals surface area contributed by atoms with E-state index in [9.17, 15) is 9.90 Å². The van der Waals surface area contributed by atoms with Crippen molar-refractivity contribution in [3.05, 3.63) is 57.1 Å². The standard InChI is InChI=1S/C15H18N2O2/c1-3-5-12-14(18)16-13(17-15(12)19)9-11-7-4-6-10(2)8-11/h4,6-8H,3,5,9H2,1-2H3,(H2,16,17,18,19). The van der Waals surface area contributed by atoms with Gasteiger partial charge in [-0.1, -0.05) is 43.2 Å². The Morgan fingerprint density at radius 2 is 2.16 bits per heavy atom. The van der Waals surface area contributed by atoms with Crippen molar-refractivity contribution < 1.29 is 5.11 Å². The zero-order valence-corrected chi connectivity index (χ0v) is 11.2. The first-order valence-corrected chi connectivity index (χ1v) is 6.46. The van der Waals surface area contributed by atoms with Gasteiger partial charge in [0.25, 0.3) is 5.56 Å². The topological polar surface area (TPSA) is 66.0 Å². The van der Waals surface area contributed by atoms with Crippen LogP contribution >= 0.6 is 0 Å². The van der Waals surface area contributed by atoms with E-state index in [4.69, 9.17) is 0 Å². The van der Waals surface area contributed by atoms with Crippen molar-refractivity contribution in [2.75, 3.05) is 0 Å². The van der Waals surface area contributed by atoms with Gasteiger partial charge in [0.15, 0.2) is 0 Å². The number of hydrogen-bond acceptors (Lipinski definition) is 3. The lowest BCUT2D eigenvalue weighted by Gasteiger charge is -2.06. The molecule has 0 bridgehead atoms. The summed E-state index contributed by atoms with van der Waals surface area (Å²) in [6.07, 6.45) is 1.85. The Kier molecular flexibility index (Phi) is 4.00. The van der Waals surface area contributed by atoms with Crippen molar-refractivity contribution in [2.45, 2.75) is 33.1 Å². The number of hydrogen-bond donors (Lipinski definition) is 2. The number of benzene rings is 1. The van der Waals surface area contributed by atoms with Crippen molar-refractivity contribution in [3.63, 3.8) is 0 Å². The van der Waals surface area contributed by atoms with Crippen LogP contribution in [0.2, 0.25) is 0 Å². The lowest BCUT2D eigenvalue weighted by molar-refractivity contribution is 0.439. The van der Waals surface area contributed by atoms with Gasteiger partial charge in [-0.15, -0.1) is 0 Å². The Bertz CT molecular complexity index is 632. The Hall–Kier alpha value is -2.10. The molecule has 4 heteroatoms. The number of rotatable bonds is 4. The molecule has 19 heavy (non-hydrogen) atoms. The van der Waals surface area contributed by atoms with Crippen LogP contribution < -0.4 is 5.56 Å². The first-order valence-electron chi connectivity index (χ1n) is 6.46. The smallest absolute Gasteiger partial charge is 0.257 e. The third kappa shape index (κ3) is 3.22. The molecule has 2 N–H and O–H groups in total. The summed E-state index contributed by atoms with van der Waals surface area (Å²) in [6.45, 7) is 3.97. The molecule has 0 atom stereocenters. The summed E-state index contributed by atoms with van der Waals surface area (Å²) in [7, 11) is 0. The number of aromatic amines is 1. The van der Waals surface area contributed by atoms with E-state index in [1.54, 1.807) is 0 Å². The lowest BCUT2D eigenvalue weighted by atomic mass is 10.1. The van der Waals surface area contributed by atoms with Gasteiger partial charge in [0.2, 0.25) is 5.88 Å². The highest BCUT2D eigenvalue weighted by Gasteiger charge is 2.10. The molecule has 0 aliphatic carbocycles. The summed E-state index contributed by atoms with van der Waals surface area (Å²) in [5.74, 6) is 0.348. The second-order valence-electron chi connectivity index (χ2n) is 4.73. The Morgan fingerprint density at radius 3 is 2.79 bits per heavy atom. The fourth-order valence-corrected chi connectivity index (χ4v) is 2.11. The Morgan fingerprint density at radius 1 is 1.37 bits per heavy atom. The van der Waals surface area contributed by atoms with E-state index in [1.165, 1.54) is 0 Å². The van der Waals surface area contributed by atoms with Crippen LogP contribution in [0.25, 0.3) is 0 Å². The third-order valence-corrected chi connectivity index (χ3v) is 3.00. The van der Waals surface area contributed by atoms with Gasteiger partial charge in [-0.05, 0) is 18.9 Å². The van der Waals surface area contributed by atoms with Crippen LogP contribution in [0.1, 0.15) is 35.9 Å². The maximum Gasteiger partial charge on any atom is 0.257 e. The zero-order chi connectivity index (χ0) is 13.8. The molecule has 1 aromatic heterocycles. The van der Waals surface area contributed by atoms with Crippen LogP contribution in [0.4, 0.5) is 0 Å². The van der Waals surface area contributed by atoms with Crippen LogP contribution in [0.5, 0.6) is 5.88 Å². The number of nitrogens with zero attached hydrogens (tertiary/aromatic N) is 1. The van der Waals surface area contributed by atoms with Gasteiger partial charge in [-0.2, -0.15) is 4.98 Å². The van der Waals surface area contributed by atoms with E-state index >= 15 is 0 Å². The predicted molar refractivity (Wildman–Crippen MR) is 74.5 cm³/mol. The number of aromatic hydroxyl groups is 1. The molecule has 2 rings (SSSR count). The zero-order valence-electron chi connectivity index (χ0n) is 11.2. The quantitative estimate of drug-likeness (QED) is 0.884. The SMILES string of the molecule is CCCc1c(O)nc(Cc2cccc(C)c2)[nH]c1=O. The van der Waals surface area contributed by atoms with Gasteiger partial charge in [0, 0.05) is 6.42 Å². The molecule has 0 aliphatic rings. The minimum Gasteiger partial charge on any atom is -0.493 e. The van der Waals surface area contributed by atoms with Crippen LogP contribution in [-0.4, -0.2) is 15.1 Å². The minimum absolute atomic E-state index is 0.145. The molecular weight excluding hydrogens is 240 g/mol. The largest absolute Gasteiger partial charge is 0.493 e. The van der Waals surface area contributed by atoms with Crippen molar-refractivity contribution >= 4 is 0 Å². The third-order valence-electron chi connectivity index (χ3n) is 3.00. The lowest BCUT2D eigenvalue weighted by Crippen LogP contribution is -2.17. The molecule has 4 nitrogen and oxygen atoms in total. The summed E-state index contributed by atoms with van der Waals surface area (Å²) in [4.78, 5) is 18.7. The van der Waals surface area contributed by atoms with Gasteiger partial charge in [-0.3, -0.25) is 4.79 Å². The minimum atomic E-state index is -0.239. The monoisotopic (exact) mass is 258 g/mol. The van der Waals surface area contributed by atoms with E-state index in [-0.39, 0.29) is 11.4 Å². The van der Waals surface area contributed by atoms with Crippen LogP contribution in [0, 0.1) is 6.92 Å². The summed E-state index contributed by atoms with van der Waals surface area (Å²) in [5.41, 5.74) is 2.35. The normalized spacial score (nSPS) is 10.6. The summed E-state index contributed by atoms with van der Waals surface area (Å²) in [6, 6.07) is 8.00. The maximum absolute atomic E-state index is 11.9. The molecule has 0 unspecified atom stereocenters. The van der Waals surface area contributed by atoms with E-state index in [2.05, 4.69) is 9.97 Å². The molecule has 1 heterocycles. The second kappa shape index (κ2) is 5.69. The van der Waals surface area contributed by atoms with Crippen LogP contribution in [0.15, 0.2) is 29.1 Å². The number of nitrogens with one attached hydrogen (secondary N) is 1. The van der Waals surface area contributed by atoms with Gasteiger partial charge in [0.1, 0.15) is 5.82 Å². The summed E-state index contributed by atoms with van der Waals surface area (Å²) >= 11 is 0. The Balaban J connectivity index is 2.29. The van der Waals surface area contributed by atoms with E-state index < -0.39 is 0 Å². The van der Waals surface area contributed by atoms with Gasteiger partial charge in [0.05, 0.1) is 5.56 Å². The number of aryl methyl sites for hydroxylation is 1. The molecule has 2 aromatic rings. The molecule has 1 aromatic carbocycles. The average molecular weight is 258 g/mol. The van der Waals surface area contributed by atoms with E-state index in [1.807, 2.05) is 38.1 Å². The van der Waals surface area contributed by atoms with Crippen LogP contribution in [-0.2, 0) is 12.8 Å². The molecule has 0 radical (unpaired) electrons. The molecule has 0 aliphatic heterocycles. The number of aromatic nitrogens is 2. The maximum atomic E-state index is 11.9. The first kappa shape index (κ1) is 13.3. The molecule has 0 amide bonds. The first-order chi connectivity index (χ1) is 9.10. The number of H-pyrrole nitrogens is 1. The molecule has 0 saturated carbocycles. The van der Waals surface area contributed by atoms with E-state index in [0.717, 1.165) is 17.5 Å². The molecule has 100 valence electrons. The molecular formula is C15H18N2O2.